The molecule has 0 atom stereocenters. The van der Waals surface area contributed by atoms with Crippen molar-refractivity contribution in [2.75, 3.05) is 17.6 Å². The molecule has 0 spiro atoms. The minimum atomic E-state index is -3.58. The summed E-state index contributed by atoms with van der Waals surface area (Å²) in [6, 6.07) is 6.45. The minimum Gasteiger partial charge on any atom is -0.469 e. The van der Waals surface area contributed by atoms with Crippen LogP contribution < -0.4 is 4.72 Å². The molecule has 0 aliphatic rings. The van der Waals surface area contributed by atoms with Gasteiger partial charge in [0.2, 0.25) is 10.0 Å². The summed E-state index contributed by atoms with van der Waals surface area (Å²) in [7, 11) is -2.38. The Morgan fingerprint density at radius 2 is 2.22 bits per heavy atom. The first kappa shape index (κ1) is 14.1. The number of hydrogen-bond acceptors (Lipinski definition) is 4. The first-order valence-corrected chi connectivity index (χ1v) is 6.76. The van der Waals surface area contributed by atoms with E-state index < -0.39 is 16.0 Å². The third-order valence-electron chi connectivity index (χ3n) is 2.11. The Hall–Kier alpha value is -2.00. The van der Waals surface area contributed by atoms with Crippen molar-refractivity contribution in [1.29, 1.82) is 0 Å². The molecule has 0 radical (unpaired) electrons. The maximum Gasteiger partial charge on any atom is 0.306 e. The molecule has 0 aliphatic heterocycles. The molecule has 96 valence electrons. The zero-order valence-corrected chi connectivity index (χ0v) is 10.7. The summed E-state index contributed by atoms with van der Waals surface area (Å²) < 4.78 is 30.0. The maximum atomic E-state index is 11.6. The average molecular weight is 267 g/mol. The summed E-state index contributed by atoms with van der Waals surface area (Å²) in [5, 5.41) is 0. The molecule has 0 fully saturated rings. The number of hydrogen-bond donors (Lipinski definition) is 1. The van der Waals surface area contributed by atoms with Crippen molar-refractivity contribution < 1.29 is 17.9 Å². The number of sulfonamides is 1. The van der Waals surface area contributed by atoms with Crippen LogP contribution in [0.5, 0.6) is 0 Å². The van der Waals surface area contributed by atoms with Crippen LogP contribution in [-0.2, 0) is 19.6 Å². The Labute approximate surface area is 106 Å². The first-order valence-electron chi connectivity index (χ1n) is 5.11. The van der Waals surface area contributed by atoms with Crippen LogP contribution >= 0.6 is 0 Å². The van der Waals surface area contributed by atoms with Crippen LogP contribution in [0.15, 0.2) is 24.3 Å². The molecule has 18 heavy (non-hydrogen) atoms. The molecule has 0 saturated carbocycles. The first-order chi connectivity index (χ1) is 8.46. The summed E-state index contributed by atoms with van der Waals surface area (Å²) in [6.07, 6.45) is 5.02. The maximum absolute atomic E-state index is 11.6. The second kappa shape index (κ2) is 6.07. The summed E-state index contributed by atoms with van der Waals surface area (Å²) in [6.45, 7) is 0. The van der Waals surface area contributed by atoms with Crippen molar-refractivity contribution in [3.05, 3.63) is 29.8 Å². The standard InChI is InChI=1S/C12H13NO4S/c1-3-10-5-4-6-11(9-10)13-18(15,16)8-7-12(14)17-2/h1,4-6,9,13H,7-8H2,2H3. The molecule has 6 heteroatoms. The average Bonchev–Trinajstić information content (AvgIpc) is 2.35. The van der Waals surface area contributed by atoms with Crippen molar-refractivity contribution in [3.8, 4) is 12.3 Å². The lowest BCUT2D eigenvalue weighted by atomic mass is 10.2. The topological polar surface area (TPSA) is 72.5 Å². The minimum absolute atomic E-state index is 0.194. The van der Waals surface area contributed by atoms with E-state index in [1.54, 1.807) is 18.2 Å². The lowest BCUT2D eigenvalue weighted by Crippen LogP contribution is -2.19. The van der Waals surface area contributed by atoms with Gasteiger partial charge in [0.25, 0.3) is 0 Å². The fraction of sp³-hybridized carbons (Fsp3) is 0.250. The van der Waals surface area contributed by atoms with Crippen molar-refractivity contribution in [1.82, 2.24) is 0 Å². The van der Waals surface area contributed by atoms with Gasteiger partial charge in [-0.05, 0) is 18.2 Å². The molecule has 0 bridgehead atoms. The lowest BCUT2D eigenvalue weighted by Gasteiger charge is -2.07. The molecule has 0 aromatic heterocycles. The van der Waals surface area contributed by atoms with Gasteiger partial charge in [0.05, 0.1) is 19.3 Å². The Bertz CT molecular complexity index is 572. The van der Waals surface area contributed by atoms with Gasteiger partial charge in [-0.25, -0.2) is 8.42 Å². The van der Waals surface area contributed by atoms with Crippen molar-refractivity contribution in [2.45, 2.75) is 6.42 Å². The number of methoxy groups -OCH3 is 1. The fourth-order valence-corrected chi connectivity index (χ4v) is 2.25. The number of carbonyl (C=O) groups excluding carboxylic acids is 1. The zero-order valence-electron chi connectivity index (χ0n) is 9.84. The largest absolute Gasteiger partial charge is 0.469 e. The van der Waals surface area contributed by atoms with Gasteiger partial charge in [-0.1, -0.05) is 12.0 Å². The summed E-state index contributed by atoms with van der Waals surface area (Å²) in [5.41, 5.74) is 0.943. The summed E-state index contributed by atoms with van der Waals surface area (Å²) in [5.74, 6) is 1.50. The van der Waals surface area contributed by atoms with E-state index in [1.807, 2.05) is 0 Å². The van der Waals surface area contributed by atoms with Crippen molar-refractivity contribution in [3.63, 3.8) is 0 Å². The fourth-order valence-electron chi connectivity index (χ4n) is 1.22. The van der Waals surface area contributed by atoms with Gasteiger partial charge in [0, 0.05) is 11.3 Å². The summed E-state index contributed by atoms with van der Waals surface area (Å²) in [4.78, 5) is 10.9. The molecule has 0 heterocycles. The van der Waals surface area contributed by atoms with E-state index in [4.69, 9.17) is 6.42 Å². The van der Waals surface area contributed by atoms with Crippen LogP contribution in [0, 0.1) is 12.3 Å². The van der Waals surface area contributed by atoms with Crippen molar-refractivity contribution in [2.24, 2.45) is 0 Å². The summed E-state index contributed by atoms with van der Waals surface area (Å²) >= 11 is 0. The number of ether oxygens (including phenoxy) is 1. The third kappa shape index (κ3) is 4.47. The normalized spacial score (nSPS) is 10.4. The quantitative estimate of drug-likeness (QED) is 0.637. The van der Waals surface area contributed by atoms with Crippen LogP contribution in [-0.4, -0.2) is 27.2 Å². The molecule has 1 aromatic rings. The molecule has 1 aromatic carbocycles. The molecule has 0 unspecified atom stereocenters. The number of benzene rings is 1. The number of rotatable bonds is 5. The van der Waals surface area contributed by atoms with E-state index >= 15 is 0 Å². The highest BCUT2D eigenvalue weighted by molar-refractivity contribution is 7.92. The number of carbonyl (C=O) groups is 1. The smallest absolute Gasteiger partial charge is 0.306 e. The molecule has 0 aliphatic carbocycles. The molecular formula is C12H13NO4S. The van der Waals surface area contributed by atoms with Gasteiger partial charge in [-0.15, -0.1) is 6.42 Å². The second-order valence-electron chi connectivity index (χ2n) is 3.47. The lowest BCUT2D eigenvalue weighted by molar-refractivity contribution is -0.140. The highest BCUT2D eigenvalue weighted by Gasteiger charge is 2.13. The van der Waals surface area contributed by atoms with E-state index in [2.05, 4.69) is 15.4 Å². The molecule has 1 rings (SSSR count). The van der Waals surface area contributed by atoms with Gasteiger partial charge >= 0.3 is 5.97 Å². The van der Waals surface area contributed by atoms with Gasteiger partial charge in [0.15, 0.2) is 0 Å². The number of esters is 1. The number of anilines is 1. The third-order valence-corrected chi connectivity index (χ3v) is 3.39. The van der Waals surface area contributed by atoms with Crippen LogP contribution in [0.1, 0.15) is 12.0 Å². The highest BCUT2D eigenvalue weighted by Crippen LogP contribution is 2.12. The molecule has 0 amide bonds. The Kier molecular flexibility index (Phi) is 4.75. The van der Waals surface area contributed by atoms with Crippen molar-refractivity contribution >= 4 is 21.7 Å². The SMILES string of the molecule is C#Cc1cccc(NS(=O)(=O)CCC(=O)OC)c1. The number of terminal acetylenes is 1. The zero-order chi connectivity index (χ0) is 13.6. The van der Waals surface area contributed by atoms with E-state index in [9.17, 15) is 13.2 Å². The molecule has 1 N–H and O–H groups in total. The van der Waals surface area contributed by atoms with Gasteiger partial charge < -0.3 is 4.74 Å². The molecule has 5 nitrogen and oxygen atoms in total. The van der Waals surface area contributed by atoms with E-state index in [1.165, 1.54) is 13.2 Å². The molecule has 0 saturated heterocycles. The predicted molar refractivity (Wildman–Crippen MR) is 68.4 cm³/mol. The number of nitrogens with one attached hydrogen (secondary N) is 1. The van der Waals surface area contributed by atoms with E-state index in [0.717, 1.165) is 0 Å². The van der Waals surface area contributed by atoms with Crippen LogP contribution in [0.4, 0.5) is 5.69 Å². The van der Waals surface area contributed by atoms with Crippen LogP contribution in [0.25, 0.3) is 0 Å². The van der Waals surface area contributed by atoms with Crippen LogP contribution in [0.2, 0.25) is 0 Å². The monoisotopic (exact) mass is 267 g/mol. The Balaban J connectivity index is 2.71. The Morgan fingerprint density at radius 3 is 2.83 bits per heavy atom. The van der Waals surface area contributed by atoms with E-state index in [-0.39, 0.29) is 12.2 Å². The highest BCUT2D eigenvalue weighted by atomic mass is 32.2. The predicted octanol–water partition coefficient (Wildman–Crippen LogP) is 0.973. The van der Waals surface area contributed by atoms with Gasteiger partial charge in [-0.3, -0.25) is 9.52 Å². The molecular weight excluding hydrogens is 254 g/mol. The second-order valence-corrected chi connectivity index (χ2v) is 5.31. The van der Waals surface area contributed by atoms with Gasteiger partial charge in [0.1, 0.15) is 0 Å². The Morgan fingerprint density at radius 1 is 1.50 bits per heavy atom. The van der Waals surface area contributed by atoms with Crippen LogP contribution in [0.3, 0.4) is 0 Å². The van der Waals surface area contributed by atoms with E-state index in [0.29, 0.717) is 11.3 Å². The van der Waals surface area contributed by atoms with Gasteiger partial charge in [-0.2, -0.15) is 0 Å².